The van der Waals surface area contributed by atoms with E-state index in [0.29, 0.717) is 46.3 Å². The van der Waals surface area contributed by atoms with Crippen LogP contribution < -0.4 is 5.32 Å². The molecule has 1 aliphatic heterocycles. The maximum atomic E-state index is 13.0. The summed E-state index contributed by atoms with van der Waals surface area (Å²) in [5.41, 5.74) is 2.57. The largest absolute Gasteiger partial charge is 0.456 e. The minimum Gasteiger partial charge on any atom is -0.456 e. The second-order valence-corrected chi connectivity index (χ2v) is 11.3. The van der Waals surface area contributed by atoms with Gasteiger partial charge in [-0.05, 0) is 48.7 Å². The second kappa shape index (κ2) is 9.23. The molecular formula is C25H22Cl2N2O4S. The van der Waals surface area contributed by atoms with Crippen LogP contribution >= 0.6 is 23.2 Å². The number of para-hydroxylation sites is 1. The van der Waals surface area contributed by atoms with Crippen LogP contribution in [0.15, 0.2) is 65.1 Å². The molecule has 1 atom stereocenters. The molecule has 0 unspecified atom stereocenters. The topological polar surface area (TPSA) is 79.6 Å². The number of furan rings is 1. The van der Waals surface area contributed by atoms with Crippen LogP contribution in [0, 0.1) is 5.92 Å². The van der Waals surface area contributed by atoms with Crippen LogP contribution in [-0.2, 0) is 20.6 Å². The Morgan fingerprint density at radius 1 is 1.03 bits per heavy atom. The van der Waals surface area contributed by atoms with Gasteiger partial charge in [0.2, 0.25) is 15.9 Å². The number of hydrogen-bond acceptors (Lipinski definition) is 4. The van der Waals surface area contributed by atoms with Crippen molar-refractivity contribution in [3.8, 4) is 0 Å². The first-order chi connectivity index (χ1) is 16.3. The normalized spacial score (nSPS) is 17.3. The lowest BCUT2D eigenvalue weighted by Crippen LogP contribution is -2.44. The number of nitrogens with one attached hydrogen (secondary N) is 1. The summed E-state index contributed by atoms with van der Waals surface area (Å²) in [6.45, 7) is 0.508. The van der Waals surface area contributed by atoms with Gasteiger partial charge in [0.15, 0.2) is 0 Å². The minimum atomic E-state index is -3.64. The van der Waals surface area contributed by atoms with Crippen molar-refractivity contribution >= 4 is 66.8 Å². The molecule has 0 radical (unpaired) electrons. The van der Waals surface area contributed by atoms with Gasteiger partial charge in [-0.2, -0.15) is 0 Å². The van der Waals surface area contributed by atoms with Crippen molar-refractivity contribution in [3.05, 3.63) is 76.3 Å². The summed E-state index contributed by atoms with van der Waals surface area (Å²) in [6, 6.07) is 18.1. The molecule has 0 aliphatic carbocycles. The van der Waals surface area contributed by atoms with Crippen molar-refractivity contribution in [2.75, 3.05) is 18.4 Å². The average molecular weight is 517 g/mol. The number of nitrogens with zero attached hydrogens (tertiary/aromatic N) is 1. The van der Waals surface area contributed by atoms with E-state index in [4.69, 9.17) is 27.6 Å². The van der Waals surface area contributed by atoms with Crippen LogP contribution in [0.1, 0.15) is 18.4 Å². The number of carbonyl (C=O) groups is 1. The summed E-state index contributed by atoms with van der Waals surface area (Å²) >= 11 is 12.1. The predicted octanol–water partition coefficient (Wildman–Crippen LogP) is 6.07. The first-order valence-electron chi connectivity index (χ1n) is 10.9. The van der Waals surface area contributed by atoms with Crippen LogP contribution in [0.5, 0.6) is 0 Å². The first-order valence-corrected chi connectivity index (χ1v) is 13.3. The molecule has 1 fully saturated rings. The summed E-state index contributed by atoms with van der Waals surface area (Å²) in [5, 5.41) is 5.68. The summed E-state index contributed by atoms with van der Waals surface area (Å²) in [6.07, 6.45) is 1.22. The Balaban J connectivity index is 1.29. The molecule has 1 amide bonds. The third-order valence-electron chi connectivity index (χ3n) is 6.15. The number of hydrogen-bond donors (Lipinski definition) is 1. The molecule has 2 heterocycles. The molecule has 0 bridgehead atoms. The van der Waals surface area contributed by atoms with Gasteiger partial charge in [-0.3, -0.25) is 4.79 Å². The Labute approximate surface area is 207 Å². The van der Waals surface area contributed by atoms with Crippen LogP contribution in [0.2, 0.25) is 10.0 Å². The molecule has 6 nitrogen and oxygen atoms in total. The summed E-state index contributed by atoms with van der Waals surface area (Å²) in [4.78, 5) is 13.0. The molecule has 4 aromatic rings. The van der Waals surface area contributed by atoms with Crippen molar-refractivity contribution < 1.29 is 17.6 Å². The molecule has 9 heteroatoms. The summed E-state index contributed by atoms with van der Waals surface area (Å²) in [7, 11) is -3.64. The van der Waals surface area contributed by atoms with Crippen LogP contribution in [0.25, 0.3) is 21.9 Å². The van der Waals surface area contributed by atoms with Gasteiger partial charge in [0, 0.05) is 45.7 Å². The van der Waals surface area contributed by atoms with E-state index in [9.17, 15) is 13.2 Å². The van der Waals surface area contributed by atoms with E-state index in [-0.39, 0.29) is 18.2 Å². The number of sulfonamides is 1. The molecular weight excluding hydrogens is 495 g/mol. The zero-order valence-corrected chi connectivity index (χ0v) is 20.5. The molecule has 1 aromatic heterocycles. The highest BCUT2D eigenvalue weighted by Crippen LogP contribution is 2.31. The molecule has 1 N–H and O–H groups in total. The molecule has 0 spiro atoms. The second-order valence-electron chi connectivity index (χ2n) is 8.49. The molecule has 3 aromatic carbocycles. The standard InChI is InChI=1S/C25H22Cl2N2O4S/c26-18-8-7-17(22(27)12-18)15-34(31,32)29-11-3-4-16(14-29)25(30)28-19-9-10-21-20-5-1-2-6-23(20)33-24(21)13-19/h1-2,5-10,12-13,16H,3-4,11,14-15H2,(H,28,30)/t16-/m1/s1. The number of piperidine rings is 1. The Morgan fingerprint density at radius 3 is 2.65 bits per heavy atom. The summed E-state index contributed by atoms with van der Waals surface area (Å²) in [5.74, 6) is -0.893. The SMILES string of the molecule is O=C(Nc1ccc2c(c1)oc1ccccc12)[C@@H]1CCCN(S(=O)(=O)Cc2ccc(Cl)cc2Cl)C1. The number of anilines is 1. The maximum absolute atomic E-state index is 13.0. The highest BCUT2D eigenvalue weighted by molar-refractivity contribution is 7.88. The Hall–Kier alpha value is -2.58. The molecule has 1 aliphatic rings. The Kier molecular flexibility index (Phi) is 6.29. The fourth-order valence-electron chi connectivity index (χ4n) is 4.38. The maximum Gasteiger partial charge on any atom is 0.228 e. The zero-order chi connectivity index (χ0) is 23.9. The Morgan fingerprint density at radius 2 is 1.82 bits per heavy atom. The lowest BCUT2D eigenvalue weighted by molar-refractivity contribution is -0.120. The number of rotatable bonds is 5. The van der Waals surface area contributed by atoms with Crippen molar-refractivity contribution in [3.63, 3.8) is 0 Å². The van der Waals surface area contributed by atoms with Gasteiger partial charge in [0.1, 0.15) is 11.2 Å². The third kappa shape index (κ3) is 4.66. The molecule has 34 heavy (non-hydrogen) atoms. The van der Waals surface area contributed by atoms with Crippen molar-refractivity contribution in [1.29, 1.82) is 0 Å². The molecule has 176 valence electrons. The van der Waals surface area contributed by atoms with Gasteiger partial charge < -0.3 is 9.73 Å². The van der Waals surface area contributed by atoms with Gasteiger partial charge in [0.05, 0.1) is 11.7 Å². The lowest BCUT2D eigenvalue weighted by Gasteiger charge is -2.31. The average Bonchev–Trinajstić information content (AvgIpc) is 3.19. The summed E-state index contributed by atoms with van der Waals surface area (Å²) < 4.78 is 33.4. The highest BCUT2D eigenvalue weighted by Gasteiger charge is 2.33. The highest BCUT2D eigenvalue weighted by atomic mass is 35.5. The van der Waals surface area contributed by atoms with E-state index in [1.165, 1.54) is 10.4 Å². The number of amides is 1. The van der Waals surface area contributed by atoms with E-state index >= 15 is 0 Å². The number of fused-ring (bicyclic) bond motifs is 3. The van der Waals surface area contributed by atoms with Crippen LogP contribution in [0.4, 0.5) is 5.69 Å². The number of halogens is 2. The van der Waals surface area contributed by atoms with Gasteiger partial charge >= 0.3 is 0 Å². The fraction of sp³-hybridized carbons (Fsp3) is 0.240. The van der Waals surface area contributed by atoms with E-state index in [0.717, 1.165) is 16.4 Å². The van der Waals surface area contributed by atoms with E-state index < -0.39 is 15.9 Å². The molecule has 0 saturated carbocycles. The predicted molar refractivity (Wildman–Crippen MR) is 136 cm³/mol. The van der Waals surface area contributed by atoms with E-state index in [1.54, 1.807) is 18.2 Å². The van der Waals surface area contributed by atoms with Crippen molar-refractivity contribution in [1.82, 2.24) is 4.31 Å². The van der Waals surface area contributed by atoms with Crippen molar-refractivity contribution in [2.24, 2.45) is 5.92 Å². The minimum absolute atomic E-state index is 0.131. The first kappa shape index (κ1) is 23.2. The monoisotopic (exact) mass is 516 g/mol. The molecule has 1 saturated heterocycles. The zero-order valence-electron chi connectivity index (χ0n) is 18.1. The smallest absolute Gasteiger partial charge is 0.228 e. The fourth-order valence-corrected chi connectivity index (χ4v) is 6.58. The van der Waals surface area contributed by atoms with Gasteiger partial charge in [-0.1, -0.05) is 47.5 Å². The van der Waals surface area contributed by atoms with Crippen molar-refractivity contribution in [2.45, 2.75) is 18.6 Å². The third-order valence-corrected chi connectivity index (χ3v) is 8.53. The lowest BCUT2D eigenvalue weighted by atomic mass is 9.98. The van der Waals surface area contributed by atoms with Gasteiger partial charge in [0.25, 0.3) is 0 Å². The van der Waals surface area contributed by atoms with Crippen LogP contribution in [-0.4, -0.2) is 31.7 Å². The number of carbonyl (C=O) groups excluding carboxylic acids is 1. The van der Waals surface area contributed by atoms with E-state index in [1.807, 2.05) is 36.4 Å². The van der Waals surface area contributed by atoms with Crippen LogP contribution in [0.3, 0.4) is 0 Å². The van der Waals surface area contributed by atoms with Gasteiger partial charge in [-0.15, -0.1) is 0 Å². The van der Waals surface area contributed by atoms with E-state index in [2.05, 4.69) is 5.32 Å². The number of benzene rings is 3. The Bertz CT molecular complexity index is 1500. The van der Waals surface area contributed by atoms with Gasteiger partial charge in [-0.25, -0.2) is 12.7 Å². The quantitative estimate of drug-likeness (QED) is 0.348. The molecule has 5 rings (SSSR count).